The summed E-state index contributed by atoms with van der Waals surface area (Å²) in [5.74, 6) is 0.207. The molecule has 1 amide bonds. The third kappa shape index (κ3) is 5.15. The first-order chi connectivity index (χ1) is 10.0. The Labute approximate surface area is 139 Å². The molecular formula is C14H12BrClN2O2S. The van der Waals surface area contributed by atoms with Crippen molar-refractivity contribution < 1.29 is 9.53 Å². The van der Waals surface area contributed by atoms with Gasteiger partial charge in [0.2, 0.25) is 0 Å². The van der Waals surface area contributed by atoms with Gasteiger partial charge in [-0.25, -0.2) is 5.43 Å². The molecule has 2 aromatic rings. The molecule has 0 radical (unpaired) electrons. The molecule has 4 nitrogen and oxygen atoms in total. The summed E-state index contributed by atoms with van der Waals surface area (Å²) in [5.41, 5.74) is 2.44. The number of halogens is 2. The van der Waals surface area contributed by atoms with Crippen LogP contribution in [-0.2, 0) is 4.79 Å². The highest BCUT2D eigenvalue weighted by Crippen LogP contribution is 2.20. The van der Waals surface area contributed by atoms with Crippen LogP contribution in [0, 0.1) is 0 Å². The summed E-state index contributed by atoms with van der Waals surface area (Å²) in [6.45, 7) is 1.65. The predicted molar refractivity (Wildman–Crippen MR) is 89.3 cm³/mol. The molecule has 1 heterocycles. The van der Waals surface area contributed by atoms with Crippen molar-refractivity contribution in [2.24, 2.45) is 5.10 Å². The Bertz CT molecular complexity index is 660. The first-order valence-electron chi connectivity index (χ1n) is 6.05. The normalized spacial score (nSPS) is 12.3. The molecule has 0 saturated heterocycles. The van der Waals surface area contributed by atoms with Crippen LogP contribution in [0.2, 0.25) is 5.02 Å². The van der Waals surface area contributed by atoms with Crippen molar-refractivity contribution in [1.29, 1.82) is 0 Å². The van der Waals surface area contributed by atoms with Gasteiger partial charge in [0, 0.05) is 9.90 Å². The van der Waals surface area contributed by atoms with Crippen molar-refractivity contribution >= 4 is 51.0 Å². The van der Waals surface area contributed by atoms with Crippen LogP contribution < -0.4 is 10.2 Å². The molecule has 1 unspecified atom stereocenters. The Morgan fingerprint density at radius 1 is 1.48 bits per heavy atom. The van der Waals surface area contributed by atoms with Gasteiger partial charge in [-0.2, -0.15) is 5.10 Å². The molecule has 0 saturated carbocycles. The Hall–Kier alpha value is -1.37. The number of hydrazone groups is 1. The fraction of sp³-hybridized carbons (Fsp3) is 0.143. The summed E-state index contributed by atoms with van der Waals surface area (Å²) < 4.78 is 6.50. The highest BCUT2D eigenvalue weighted by molar-refractivity contribution is 9.11. The Kier molecular flexibility index (Phi) is 5.78. The van der Waals surface area contributed by atoms with Crippen molar-refractivity contribution in [2.45, 2.75) is 13.0 Å². The second-order valence-electron chi connectivity index (χ2n) is 4.09. The number of nitrogens with one attached hydrogen (secondary N) is 1. The highest BCUT2D eigenvalue weighted by Gasteiger charge is 2.13. The minimum atomic E-state index is -0.671. The molecule has 1 aromatic carbocycles. The maximum atomic E-state index is 11.8. The van der Waals surface area contributed by atoms with Gasteiger partial charge in [-0.3, -0.25) is 4.79 Å². The highest BCUT2D eigenvalue weighted by atomic mass is 79.9. The fourth-order valence-corrected chi connectivity index (χ4v) is 2.92. The lowest BCUT2D eigenvalue weighted by atomic mass is 10.3. The lowest BCUT2D eigenvalue weighted by Crippen LogP contribution is -2.33. The summed E-state index contributed by atoms with van der Waals surface area (Å²) in [7, 11) is 0. The summed E-state index contributed by atoms with van der Waals surface area (Å²) in [6.07, 6.45) is 0.912. The van der Waals surface area contributed by atoms with E-state index in [4.69, 9.17) is 16.3 Å². The summed E-state index contributed by atoms with van der Waals surface area (Å²) in [4.78, 5) is 12.8. The molecule has 0 bridgehead atoms. The summed E-state index contributed by atoms with van der Waals surface area (Å²) in [6, 6.07) is 10.7. The van der Waals surface area contributed by atoms with E-state index in [1.807, 2.05) is 12.1 Å². The van der Waals surface area contributed by atoms with Crippen LogP contribution in [0.25, 0.3) is 0 Å². The first-order valence-corrected chi connectivity index (χ1v) is 8.04. The van der Waals surface area contributed by atoms with Crippen LogP contribution in [0.5, 0.6) is 5.75 Å². The maximum absolute atomic E-state index is 11.8. The van der Waals surface area contributed by atoms with Crippen LogP contribution in [0.15, 0.2) is 45.3 Å². The smallest absolute Gasteiger partial charge is 0.280 e. The van der Waals surface area contributed by atoms with Gasteiger partial charge >= 0.3 is 0 Å². The number of rotatable bonds is 5. The average molecular weight is 388 g/mol. The van der Waals surface area contributed by atoms with Crippen molar-refractivity contribution in [2.75, 3.05) is 0 Å². The number of carbonyl (C=O) groups excluding carboxylic acids is 1. The van der Waals surface area contributed by atoms with Gasteiger partial charge < -0.3 is 4.74 Å². The maximum Gasteiger partial charge on any atom is 0.280 e. The largest absolute Gasteiger partial charge is 0.481 e. The van der Waals surface area contributed by atoms with E-state index in [1.165, 1.54) is 11.3 Å². The second kappa shape index (κ2) is 7.59. The number of ether oxygens (including phenoxy) is 1. The van der Waals surface area contributed by atoms with Crippen LogP contribution in [0.1, 0.15) is 11.8 Å². The molecule has 1 aromatic heterocycles. The average Bonchev–Trinajstić information content (AvgIpc) is 2.84. The van der Waals surface area contributed by atoms with E-state index in [0.717, 1.165) is 8.66 Å². The van der Waals surface area contributed by atoms with Crippen molar-refractivity contribution in [1.82, 2.24) is 5.43 Å². The van der Waals surface area contributed by atoms with Crippen LogP contribution >= 0.6 is 38.9 Å². The molecule has 1 N–H and O–H groups in total. The lowest BCUT2D eigenvalue weighted by molar-refractivity contribution is -0.127. The molecule has 0 fully saturated rings. The molecule has 7 heteroatoms. The summed E-state index contributed by atoms with van der Waals surface area (Å²) >= 11 is 10.7. The van der Waals surface area contributed by atoms with Gasteiger partial charge in [0.15, 0.2) is 6.10 Å². The van der Waals surface area contributed by atoms with Gasteiger partial charge in [-0.15, -0.1) is 11.3 Å². The molecule has 21 heavy (non-hydrogen) atoms. The molecule has 110 valence electrons. The Morgan fingerprint density at radius 3 is 2.95 bits per heavy atom. The van der Waals surface area contributed by atoms with Gasteiger partial charge in [0.1, 0.15) is 5.75 Å². The van der Waals surface area contributed by atoms with E-state index >= 15 is 0 Å². The zero-order chi connectivity index (χ0) is 15.2. The minimum Gasteiger partial charge on any atom is -0.481 e. The Morgan fingerprint density at radius 2 is 2.29 bits per heavy atom. The van der Waals surface area contributed by atoms with E-state index in [1.54, 1.807) is 37.4 Å². The molecule has 0 aliphatic carbocycles. The van der Waals surface area contributed by atoms with E-state index in [9.17, 15) is 4.79 Å². The monoisotopic (exact) mass is 386 g/mol. The number of hydrogen-bond donors (Lipinski definition) is 1. The van der Waals surface area contributed by atoms with E-state index in [-0.39, 0.29) is 5.91 Å². The Balaban J connectivity index is 1.86. The quantitative estimate of drug-likeness (QED) is 0.621. The topological polar surface area (TPSA) is 50.7 Å². The van der Waals surface area contributed by atoms with Crippen molar-refractivity contribution in [3.05, 3.63) is 50.1 Å². The van der Waals surface area contributed by atoms with Crippen LogP contribution in [0.3, 0.4) is 0 Å². The van der Waals surface area contributed by atoms with E-state index < -0.39 is 6.10 Å². The number of thiophene rings is 1. The third-order valence-corrected chi connectivity index (χ3v) is 4.23. The van der Waals surface area contributed by atoms with Crippen molar-refractivity contribution in [3.8, 4) is 5.75 Å². The van der Waals surface area contributed by atoms with E-state index in [2.05, 4.69) is 26.5 Å². The standard InChI is InChI=1S/C14H12BrClN2O2S/c1-9(20-11-4-2-3-10(16)7-11)14(19)18-17-8-12-5-6-13(15)21-12/h2-9H,1H3,(H,18,19)/b17-8-. The molecule has 0 aliphatic rings. The number of nitrogens with zero attached hydrogens (tertiary/aromatic N) is 1. The fourth-order valence-electron chi connectivity index (χ4n) is 1.45. The first kappa shape index (κ1) is 16.0. The SMILES string of the molecule is CC(Oc1cccc(Cl)c1)C(=O)N/N=C\c1ccc(Br)s1. The number of amides is 1. The zero-order valence-electron chi connectivity index (χ0n) is 11.0. The molecule has 0 aliphatic heterocycles. The molecular weight excluding hydrogens is 376 g/mol. The third-order valence-electron chi connectivity index (χ3n) is 2.44. The second-order valence-corrected chi connectivity index (χ2v) is 7.02. The number of carbonyl (C=O) groups is 1. The molecule has 2 rings (SSSR count). The predicted octanol–water partition coefficient (Wildman–Crippen LogP) is 4.08. The van der Waals surface area contributed by atoms with Crippen LogP contribution in [0.4, 0.5) is 0 Å². The van der Waals surface area contributed by atoms with Gasteiger partial charge in [0.25, 0.3) is 5.91 Å². The van der Waals surface area contributed by atoms with Crippen molar-refractivity contribution in [3.63, 3.8) is 0 Å². The van der Waals surface area contributed by atoms with Gasteiger partial charge in [0.05, 0.1) is 10.0 Å². The summed E-state index contributed by atoms with van der Waals surface area (Å²) in [5, 5.41) is 4.45. The zero-order valence-corrected chi connectivity index (χ0v) is 14.2. The molecule has 1 atom stereocenters. The van der Waals surface area contributed by atoms with E-state index in [0.29, 0.717) is 10.8 Å². The van der Waals surface area contributed by atoms with Gasteiger partial charge in [-0.1, -0.05) is 17.7 Å². The number of benzene rings is 1. The lowest BCUT2D eigenvalue weighted by Gasteiger charge is -2.12. The van der Waals surface area contributed by atoms with Crippen LogP contribution in [-0.4, -0.2) is 18.2 Å². The van der Waals surface area contributed by atoms with Gasteiger partial charge in [-0.05, 0) is 53.2 Å². The number of hydrogen-bond acceptors (Lipinski definition) is 4. The molecule has 0 spiro atoms. The minimum absolute atomic E-state index is 0.332.